The van der Waals surface area contributed by atoms with Gasteiger partial charge in [0.25, 0.3) is 5.91 Å². The Morgan fingerprint density at radius 2 is 1.79 bits per heavy atom. The Balaban J connectivity index is 1.13. The number of nitrogens with zero attached hydrogens (tertiary/aromatic N) is 5. The fourth-order valence-corrected chi connectivity index (χ4v) is 7.42. The van der Waals surface area contributed by atoms with Gasteiger partial charge >= 0.3 is 0 Å². The van der Waals surface area contributed by atoms with Gasteiger partial charge in [-0.25, -0.2) is 27.1 Å². The number of sulfonamides is 1. The van der Waals surface area contributed by atoms with E-state index in [0.29, 0.717) is 48.6 Å². The number of aromatic nitrogens is 2. The van der Waals surface area contributed by atoms with E-state index in [4.69, 9.17) is 4.74 Å². The molecule has 0 bridgehead atoms. The molecule has 3 aliphatic rings. The molecule has 2 unspecified atom stereocenters. The van der Waals surface area contributed by atoms with Gasteiger partial charge in [0.2, 0.25) is 10.0 Å². The van der Waals surface area contributed by atoms with Crippen molar-refractivity contribution in [1.82, 2.24) is 24.1 Å². The minimum Gasteiger partial charge on any atom is -0.368 e. The summed E-state index contributed by atoms with van der Waals surface area (Å²) in [4.78, 5) is 27.1. The molecule has 43 heavy (non-hydrogen) atoms. The third kappa shape index (κ3) is 7.53. The van der Waals surface area contributed by atoms with E-state index in [-0.39, 0.29) is 24.2 Å². The Hall–Kier alpha value is -2.67. The number of benzene rings is 1. The Bertz CT molecular complexity index is 1390. The van der Waals surface area contributed by atoms with Crippen LogP contribution in [-0.2, 0) is 21.4 Å². The number of ether oxygens (including phenoxy) is 1. The summed E-state index contributed by atoms with van der Waals surface area (Å²) < 4.78 is 44.7. The number of piperidine rings is 2. The van der Waals surface area contributed by atoms with E-state index in [9.17, 15) is 17.6 Å². The first kappa shape index (κ1) is 31.7. The average molecular weight is 617 g/mol. The van der Waals surface area contributed by atoms with E-state index in [0.717, 1.165) is 62.7 Å². The number of nitrogens with one attached hydrogen (secondary N) is 1. The fraction of sp³-hybridized carbons (Fsp3) is 0.645. The average Bonchev–Trinajstić information content (AvgIpc) is 3.49. The topological polar surface area (TPSA) is 108 Å². The molecule has 4 heterocycles. The summed E-state index contributed by atoms with van der Waals surface area (Å²) in [5.41, 5.74) is 2.84. The van der Waals surface area contributed by atoms with Gasteiger partial charge in [-0.3, -0.25) is 4.79 Å². The molecule has 3 aliphatic heterocycles. The number of carbonyl (C=O) groups is 1. The minimum absolute atomic E-state index is 0.0104. The normalized spacial score (nSPS) is 22.8. The molecule has 3 saturated heterocycles. The predicted molar refractivity (Wildman–Crippen MR) is 164 cm³/mol. The molecular formula is C31H45FN6O4S. The number of carbonyl (C=O) groups excluding carboxylic acids is 1. The van der Waals surface area contributed by atoms with Crippen LogP contribution in [0.5, 0.6) is 0 Å². The van der Waals surface area contributed by atoms with Crippen molar-refractivity contribution in [2.24, 2.45) is 0 Å². The minimum atomic E-state index is -3.18. The Kier molecular flexibility index (Phi) is 10.00. The number of hydrogen-bond donors (Lipinski definition) is 1. The Morgan fingerprint density at radius 1 is 1.07 bits per heavy atom. The van der Waals surface area contributed by atoms with Crippen molar-refractivity contribution >= 4 is 21.7 Å². The molecule has 0 spiro atoms. The van der Waals surface area contributed by atoms with Gasteiger partial charge in [0.05, 0.1) is 18.5 Å². The van der Waals surface area contributed by atoms with Crippen LogP contribution in [0.1, 0.15) is 77.6 Å². The smallest absolute Gasteiger partial charge is 0.272 e. The highest BCUT2D eigenvalue weighted by Crippen LogP contribution is 2.33. The quantitative estimate of drug-likeness (QED) is 0.453. The van der Waals surface area contributed by atoms with Gasteiger partial charge in [0, 0.05) is 44.3 Å². The van der Waals surface area contributed by atoms with Crippen LogP contribution >= 0.6 is 0 Å². The lowest BCUT2D eigenvalue weighted by molar-refractivity contribution is 0.0520. The summed E-state index contributed by atoms with van der Waals surface area (Å²) in [5, 5.41) is 3.40. The first-order valence-corrected chi connectivity index (χ1v) is 17.2. The summed E-state index contributed by atoms with van der Waals surface area (Å²) in [6.45, 7) is 6.85. The van der Waals surface area contributed by atoms with E-state index in [1.54, 1.807) is 20.0 Å². The second-order valence-corrected chi connectivity index (χ2v) is 14.3. The molecule has 5 rings (SSSR count). The second-order valence-electron chi connectivity index (χ2n) is 12.2. The van der Waals surface area contributed by atoms with Crippen LogP contribution in [0.3, 0.4) is 0 Å². The molecule has 1 N–H and O–H groups in total. The number of likely N-dealkylation sites (tertiary alicyclic amines) is 2. The fourth-order valence-electron chi connectivity index (χ4n) is 6.67. The highest BCUT2D eigenvalue weighted by molar-refractivity contribution is 7.88. The number of aryl methyl sites for hydroxylation is 1. The Labute approximate surface area is 255 Å². The van der Waals surface area contributed by atoms with Crippen LogP contribution in [-0.4, -0.2) is 103 Å². The van der Waals surface area contributed by atoms with Crippen molar-refractivity contribution in [2.75, 3.05) is 51.3 Å². The van der Waals surface area contributed by atoms with Crippen molar-refractivity contribution in [3.63, 3.8) is 0 Å². The third-order valence-corrected chi connectivity index (χ3v) is 10.7. The number of hydrogen-bond acceptors (Lipinski definition) is 8. The van der Waals surface area contributed by atoms with Gasteiger partial charge in [-0.05, 0) is 76.6 Å². The van der Waals surface area contributed by atoms with Crippen molar-refractivity contribution in [3.05, 3.63) is 52.5 Å². The third-order valence-electron chi connectivity index (χ3n) is 9.35. The molecule has 236 valence electrons. The van der Waals surface area contributed by atoms with E-state index in [2.05, 4.69) is 20.2 Å². The van der Waals surface area contributed by atoms with E-state index < -0.39 is 16.7 Å². The molecule has 2 atom stereocenters. The molecule has 10 nitrogen and oxygen atoms in total. The van der Waals surface area contributed by atoms with Crippen LogP contribution < -0.4 is 5.32 Å². The SMILES string of the molecule is Cc1nc(NCC2CCC(c3cccc(CF)c3)O2)c(C)c(C(=O)N2CCC(N3CCC(N(C)S(C)(=O)=O)CC3)CC2)n1. The van der Waals surface area contributed by atoms with E-state index >= 15 is 0 Å². The van der Waals surface area contributed by atoms with Crippen molar-refractivity contribution in [2.45, 2.75) is 83.3 Å². The summed E-state index contributed by atoms with van der Waals surface area (Å²) in [6, 6.07) is 7.97. The summed E-state index contributed by atoms with van der Waals surface area (Å²) in [5.74, 6) is 1.13. The maximum Gasteiger partial charge on any atom is 0.272 e. The first-order chi connectivity index (χ1) is 20.5. The summed E-state index contributed by atoms with van der Waals surface area (Å²) in [7, 11) is -1.51. The molecule has 12 heteroatoms. The van der Waals surface area contributed by atoms with E-state index in [1.807, 2.05) is 30.0 Å². The number of anilines is 1. The molecule has 1 aromatic heterocycles. The zero-order valence-corrected chi connectivity index (χ0v) is 26.6. The van der Waals surface area contributed by atoms with Gasteiger partial charge in [-0.15, -0.1) is 0 Å². The number of rotatable bonds is 9. The molecule has 1 aromatic carbocycles. The molecule has 2 aromatic rings. The number of amides is 1. The molecule has 0 radical (unpaired) electrons. The van der Waals surface area contributed by atoms with Crippen LogP contribution in [0, 0.1) is 13.8 Å². The lowest BCUT2D eigenvalue weighted by atomic mass is 9.97. The largest absolute Gasteiger partial charge is 0.368 e. The molecule has 1 amide bonds. The highest BCUT2D eigenvalue weighted by atomic mass is 32.2. The van der Waals surface area contributed by atoms with Crippen molar-refractivity contribution in [3.8, 4) is 0 Å². The monoisotopic (exact) mass is 616 g/mol. The maximum absolute atomic E-state index is 13.6. The lowest BCUT2D eigenvalue weighted by Gasteiger charge is -2.43. The lowest BCUT2D eigenvalue weighted by Crippen LogP contribution is -2.52. The van der Waals surface area contributed by atoms with Crippen molar-refractivity contribution in [1.29, 1.82) is 0 Å². The molecule has 3 fully saturated rings. The predicted octanol–water partition coefficient (Wildman–Crippen LogP) is 3.86. The second kappa shape index (κ2) is 13.5. The van der Waals surface area contributed by atoms with Crippen LogP contribution in [0.4, 0.5) is 10.2 Å². The Morgan fingerprint density at radius 3 is 2.47 bits per heavy atom. The van der Waals surface area contributed by atoms with Crippen LogP contribution in [0.25, 0.3) is 0 Å². The standard InChI is InChI=1S/C31H45FN6O4S/c1-21-29(31(39)38-16-12-26(13-17-38)37-14-10-25(11-15-37)36(3)43(4,40)41)34-22(2)35-30(21)33-20-27-8-9-28(42-27)24-7-5-6-23(18-24)19-32/h5-7,18,25-28H,8-17,19-20H2,1-4H3,(H,33,34,35). The van der Waals surface area contributed by atoms with Gasteiger partial charge < -0.3 is 19.9 Å². The van der Waals surface area contributed by atoms with Gasteiger partial charge in [0.1, 0.15) is 24.0 Å². The molecule has 0 aliphatic carbocycles. The zero-order valence-electron chi connectivity index (χ0n) is 25.8. The highest BCUT2D eigenvalue weighted by Gasteiger charge is 2.34. The van der Waals surface area contributed by atoms with Crippen LogP contribution in [0.2, 0.25) is 0 Å². The maximum atomic E-state index is 13.6. The molecule has 0 saturated carbocycles. The summed E-state index contributed by atoms with van der Waals surface area (Å²) >= 11 is 0. The van der Waals surface area contributed by atoms with Gasteiger partial charge in [-0.2, -0.15) is 0 Å². The first-order valence-electron chi connectivity index (χ1n) is 15.4. The molecular weight excluding hydrogens is 571 g/mol. The van der Waals surface area contributed by atoms with Crippen LogP contribution in [0.15, 0.2) is 24.3 Å². The van der Waals surface area contributed by atoms with Gasteiger partial charge in [-0.1, -0.05) is 24.3 Å². The zero-order chi connectivity index (χ0) is 30.7. The number of alkyl halides is 1. The summed E-state index contributed by atoms with van der Waals surface area (Å²) in [6.07, 6.45) is 6.40. The van der Waals surface area contributed by atoms with Gasteiger partial charge in [0.15, 0.2) is 0 Å². The number of halogens is 1. The van der Waals surface area contributed by atoms with Crippen molar-refractivity contribution < 1.29 is 22.3 Å². The van der Waals surface area contributed by atoms with E-state index in [1.165, 1.54) is 10.6 Å².